The molecular formula is C21H24FN3O3S. The molecule has 1 unspecified atom stereocenters. The number of rotatable bonds is 6. The van der Waals surface area contributed by atoms with E-state index < -0.39 is 5.82 Å². The first kappa shape index (κ1) is 20.1. The van der Waals surface area contributed by atoms with E-state index in [1.165, 1.54) is 23.9 Å². The molecule has 29 heavy (non-hydrogen) atoms. The Morgan fingerprint density at radius 1 is 1.28 bits per heavy atom. The summed E-state index contributed by atoms with van der Waals surface area (Å²) in [4.78, 5) is 29.3. The van der Waals surface area contributed by atoms with Crippen LogP contribution in [0.15, 0.2) is 34.1 Å². The van der Waals surface area contributed by atoms with Gasteiger partial charge in [0, 0.05) is 17.9 Å². The summed E-state index contributed by atoms with van der Waals surface area (Å²) < 4.78 is 21.2. The van der Waals surface area contributed by atoms with Crippen molar-refractivity contribution in [3.63, 3.8) is 0 Å². The van der Waals surface area contributed by atoms with Crippen molar-refractivity contribution in [2.45, 2.75) is 56.2 Å². The fraction of sp³-hybridized carbons (Fsp3) is 0.476. The number of hydrogen-bond donors (Lipinski definition) is 1. The molecular weight excluding hydrogens is 393 g/mol. The van der Waals surface area contributed by atoms with Crippen molar-refractivity contribution in [2.75, 3.05) is 17.7 Å². The van der Waals surface area contributed by atoms with Crippen LogP contribution in [-0.4, -0.2) is 33.9 Å². The minimum absolute atomic E-state index is 0.0724. The first-order valence-electron chi connectivity index (χ1n) is 10.0. The fourth-order valence-electron chi connectivity index (χ4n) is 3.93. The van der Waals surface area contributed by atoms with E-state index in [1.54, 1.807) is 16.7 Å². The summed E-state index contributed by atoms with van der Waals surface area (Å²) in [5.41, 5.74) is 1.97. The Labute approximate surface area is 172 Å². The van der Waals surface area contributed by atoms with Crippen molar-refractivity contribution in [3.05, 3.63) is 51.8 Å². The van der Waals surface area contributed by atoms with Crippen molar-refractivity contribution in [1.29, 1.82) is 0 Å². The number of thioether (sulfide) groups is 1. The molecule has 1 saturated heterocycles. The second kappa shape index (κ2) is 9.09. The van der Waals surface area contributed by atoms with Gasteiger partial charge < -0.3 is 10.1 Å². The highest BCUT2D eigenvalue weighted by Gasteiger charge is 2.24. The van der Waals surface area contributed by atoms with Crippen LogP contribution in [0.2, 0.25) is 0 Å². The van der Waals surface area contributed by atoms with Crippen molar-refractivity contribution in [2.24, 2.45) is 0 Å². The molecule has 2 heterocycles. The summed E-state index contributed by atoms with van der Waals surface area (Å²) in [6.07, 6.45) is 5.85. The van der Waals surface area contributed by atoms with Crippen LogP contribution in [-0.2, 0) is 28.9 Å². The molecule has 4 rings (SSSR count). The Balaban J connectivity index is 1.50. The van der Waals surface area contributed by atoms with Gasteiger partial charge in [0.25, 0.3) is 0 Å². The zero-order valence-corrected chi connectivity index (χ0v) is 17.0. The van der Waals surface area contributed by atoms with Crippen LogP contribution in [0.1, 0.15) is 36.9 Å². The maximum atomic E-state index is 13.7. The normalized spacial score (nSPS) is 18.4. The van der Waals surface area contributed by atoms with Crippen LogP contribution in [0.3, 0.4) is 0 Å². The molecule has 1 amide bonds. The average Bonchev–Trinajstić information content (AvgIpc) is 3.24. The summed E-state index contributed by atoms with van der Waals surface area (Å²) in [5, 5.41) is 3.19. The molecule has 2 aromatic rings. The number of para-hydroxylation sites is 1. The Hall–Kier alpha value is -2.19. The zero-order chi connectivity index (χ0) is 20.2. The summed E-state index contributed by atoms with van der Waals surface area (Å²) in [6.45, 7) is 1.30. The van der Waals surface area contributed by atoms with E-state index in [2.05, 4.69) is 10.3 Å². The largest absolute Gasteiger partial charge is 0.376 e. The van der Waals surface area contributed by atoms with Gasteiger partial charge in [-0.2, -0.15) is 4.98 Å². The van der Waals surface area contributed by atoms with E-state index in [1.807, 2.05) is 0 Å². The number of nitrogens with zero attached hydrogens (tertiary/aromatic N) is 2. The highest BCUT2D eigenvalue weighted by molar-refractivity contribution is 8.00. The molecule has 8 heteroatoms. The maximum Gasteiger partial charge on any atom is 0.348 e. The summed E-state index contributed by atoms with van der Waals surface area (Å²) in [5.74, 6) is -0.726. The number of nitrogens with one attached hydrogen (secondary N) is 1. The lowest BCUT2D eigenvalue weighted by atomic mass is 9.97. The van der Waals surface area contributed by atoms with Crippen LogP contribution in [0.4, 0.5) is 10.1 Å². The summed E-state index contributed by atoms with van der Waals surface area (Å²) in [6, 6.07) is 6.05. The highest BCUT2D eigenvalue weighted by atomic mass is 32.2. The van der Waals surface area contributed by atoms with E-state index in [4.69, 9.17) is 4.74 Å². The van der Waals surface area contributed by atoms with Crippen molar-refractivity contribution in [1.82, 2.24) is 9.55 Å². The minimum atomic E-state index is -0.474. The molecule has 0 radical (unpaired) electrons. The monoisotopic (exact) mass is 417 g/mol. The number of carbonyl (C=O) groups is 1. The smallest absolute Gasteiger partial charge is 0.348 e. The Bertz CT molecular complexity index is 957. The van der Waals surface area contributed by atoms with Gasteiger partial charge >= 0.3 is 5.69 Å². The predicted octanol–water partition coefficient (Wildman–Crippen LogP) is 3.17. The van der Waals surface area contributed by atoms with Gasteiger partial charge in [0.05, 0.1) is 24.1 Å². The number of fused-ring (bicyclic) bond motifs is 1. The number of halogens is 1. The second-order valence-electron chi connectivity index (χ2n) is 7.39. The highest BCUT2D eigenvalue weighted by Crippen LogP contribution is 2.29. The van der Waals surface area contributed by atoms with Crippen molar-refractivity contribution in [3.8, 4) is 0 Å². The number of benzene rings is 1. The average molecular weight is 418 g/mol. The predicted molar refractivity (Wildman–Crippen MR) is 110 cm³/mol. The topological polar surface area (TPSA) is 73.2 Å². The van der Waals surface area contributed by atoms with Crippen molar-refractivity contribution >= 4 is 23.4 Å². The number of ether oxygens (including phenoxy) is 1. The van der Waals surface area contributed by atoms with Crippen LogP contribution >= 0.6 is 11.8 Å². The van der Waals surface area contributed by atoms with Crippen LogP contribution in [0.25, 0.3) is 0 Å². The van der Waals surface area contributed by atoms with Gasteiger partial charge in [-0.1, -0.05) is 23.9 Å². The first-order valence-corrected chi connectivity index (χ1v) is 11.0. The molecule has 1 atom stereocenters. The Kier molecular flexibility index (Phi) is 6.30. The molecule has 1 aliphatic carbocycles. The van der Waals surface area contributed by atoms with Gasteiger partial charge in [0.2, 0.25) is 5.91 Å². The molecule has 1 aromatic carbocycles. The molecule has 1 fully saturated rings. The third-order valence-corrected chi connectivity index (χ3v) is 6.37. The summed E-state index contributed by atoms with van der Waals surface area (Å²) in [7, 11) is 0. The fourth-order valence-corrected chi connectivity index (χ4v) is 4.81. The number of amides is 1. The van der Waals surface area contributed by atoms with E-state index in [-0.39, 0.29) is 29.1 Å². The Morgan fingerprint density at radius 2 is 2.10 bits per heavy atom. The minimum Gasteiger partial charge on any atom is -0.376 e. The number of carbonyl (C=O) groups excluding carboxylic acids is 1. The second-order valence-corrected chi connectivity index (χ2v) is 8.36. The Morgan fingerprint density at radius 3 is 2.90 bits per heavy atom. The molecule has 2 aliphatic rings. The van der Waals surface area contributed by atoms with Crippen LogP contribution < -0.4 is 11.0 Å². The molecule has 154 valence electrons. The first-order chi connectivity index (χ1) is 14.1. The van der Waals surface area contributed by atoms with E-state index in [9.17, 15) is 14.0 Å². The van der Waals surface area contributed by atoms with Gasteiger partial charge in [0.1, 0.15) is 10.8 Å². The van der Waals surface area contributed by atoms with Gasteiger partial charge in [-0.05, 0) is 50.7 Å². The number of aromatic nitrogens is 2. The zero-order valence-electron chi connectivity index (χ0n) is 16.2. The molecule has 0 saturated carbocycles. The van der Waals surface area contributed by atoms with Gasteiger partial charge in [-0.15, -0.1) is 0 Å². The lowest BCUT2D eigenvalue weighted by Gasteiger charge is -2.24. The SMILES string of the molecule is O=C(CSc1nc(=O)n(CC2CCCO2)c2c1CCCC2)Nc1ccccc1F. The third-order valence-electron chi connectivity index (χ3n) is 5.35. The quantitative estimate of drug-likeness (QED) is 0.577. The maximum absolute atomic E-state index is 13.7. The molecule has 1 N–H and O–H groups in total. The van der Waals surface area contributed by atoms with E-state index >= 15 is 0 Å². The standard InChI is InChI=1S/C21H24FN3O3S/c22-16-8-2-3-9-17(16)23-19(26)13-29-20-15-7-1-4-10-18(15)25(21(27)24-20)12-14-6-5-11-28-14/h2-3,8-9,14H,1,4-7,10-13H2,(H,23,26). The van der Waals surface area contributed by atoms with E-state index in [0.717, 1.165) is 56.4 Å². The van der Waals surface area contributed by atoms with Gasteiger partial charge in [-0.3, -0.25) is 9.36 Å². The lowest BCUT2D eigenvalue weighted by Crippen LogP contribution is -2.34. The van der Waals surface area contributed by atoms with Crippen LogP contribution in [0, 0.1) is 5.82 Å². The number of hydrogen-bond acceptors (Lipinski definition) is 5. The van der Waals surface area contributed by atoms with E-state index in [0.29, 0.717) is 11.6 Å². The van der Waals surface area contributed by atoms with Crippen molar-refractivity contribution < 1.29 is 13.9 Å². The molecule has 0 spiro atoms. The molecule has 1 aromatic heterocycles. The third kappa shape index (κ3) is 4.70. The van der Waals surface area contributed by atoms with Gasteiger partial charge in [0.15, 0.2) is 0 Å². The van der Waals surface area contributed by atoms with Gasteiger partial charge in [-0.25, -0.2) is 9.18 Å². The molecule has 1 aliphatic heterocycles. The lowest BCUT2D eigenvalue weighted by molar-refractivity contribution is -0.113. The molecule has 0 bridgehead atoms. The van der Waals surface area contributed by atoms with Crippen LogP contribution in [0.5, 0.6) is 0 Å². The number of anilines is 1. The summed E-state index contributed by atoms with van der Waals surface area (Å²) >= 11 is 1.24. The molecule has 6 nitrogen and oxygen atoms in total.